The van der Waals surface area contributed by atoms with Crippen LogP contribution in [0.1, 0.15) is 59.6 Å². The van der Waals surface area contributed by atoms with E-state index in [2.05, 4.69) is 46.9 Å². The van der Waals surface area contributed by atoms with Gasteiger partial charge < -0.3 is 69.4 Å². The number of rotatable bonds is 24. The number of aliphatic hydroxyl groups is 2. The number of H-pyrrole nitrogens is 1. The number of carboxylic acids is 1. The molecule has 54 heavy (non-hydrogen) atoms. The van der Waals surface area contributed by atoms with Crippen molar-refractivity contribution < 1.29 is 48.9 Å². The van der Waals surface area contributed by atoms with E-state index in [-0.39, 0.29) is 44.1 Å². The van der Waals surface area contributed by atoms with Crippen LogP contribution in [-0.4, -0.2) is 135 Å². The van der Waals surface area contributed by atoms with Crippen LogP contribution in [0.2, 0.25) is 0 Å². The van der Waals surface area contributed by atoms with Gasteiger partial charge in [-0.25, -0.2) is 9.78 Å². The molecule has 0 bridgehead atoms. The van der Waals surface area contributed by atoms with E-state index in [9.17, 15) is 48.9 Å². The zero-order valence-electron chi connectivity index (χ0n) is 31.1. The predicted octanol–water partition coefficient (Wildman–Crippen LogP) is -4.97. The summed E-state index contributed by atoms with van der Waals surface area (Å²) in [4.78, 5) is 101. The second-order valence-corrected chi connectivity index (χ2v) is 13.4. The van der Waals surface area contributed by atoms with Gasteiger partial charge in [-0.15, -0.1) is 0 Å². The molecule has 0 aliphatic rings. The smallest absolute Gasteiger partial charge is 0.326 e. The number of nitrogens with two attached hydrogens (primary N) is 3. The lowest BCUT2D eigenvalue weighted by Gasteiger charge is -2.28. The number of imidazole rings is 1. The van der Waals surface area contributed by atoms with Crippen molar-refractivity contribution in [3.63, 3.8) is 0 Å². The summed E-state index contributed by atoms with van der Waals surface area (Å²) < 4.78 is 0. The minimum Gasteiger partial charge on any atom is -0.480 e. The zero-order valence-corrected chi connectivity index (χ0v) is 31.1. The fraction of sp³-hybridized carbons (Fsp3) is 0.656. The molecule has 0 spiro atoms. The Kier molecular flexibility index (Phi) is 20.2. The van der Waals surface area contributed by atoms with Crippen molar-refractivity contribution in [3.05, 3.63) is 18.2 Å². The number of nitrogens with one attached hydrogen (secondary N) is 7. The molecule has 0 fully saturated rings. The van der Waals surface area contributed by atoms with Crippen molar-refractivity contribution in [2.45, 2.75) is 103 Å². The molecule has 7 atom stereocenters. The highest BCUT2D eigenvalue weighted by Crippen LogP contribution is 2.10. The van der Waals surface area contributed by atoms with Gasteiger partial charge in [-0.1, -0.05) is 27.7 Å². The molecular weight excluding hydrogens is 712 g/mol. The molecule has 1 aromatic rings. The number of hydrogen-bond acceptors (Lipinski definition) is 12. The summed E-state index contributed by atoms with van der Waals surface area (Å²) in [6, 6.07) is -7.89. The van der Waals surface area contributed by atoms with E-state index in [1.807, 2.05) is 0 Å². The van der Waals surface area contributed by atoms with Crippen molar-refractivity contribution >= 4 is 47.4 Å². The molecule has 0 aliphatic carbocycles. The maximum absolute atomic E-state index is 13.7. The van der Waals surface area contributed by atoms with Crippen LogP contribution in [0.5, 0.6) is 0 Å². The van der Waals surface area contributed by atoms with Gasteiger partial charge in [0, 0.05) is 24.9 Å². The molecule has 304 valence electrons. The fourth-order valence-electron chi connectivity index (χ4n) is 4.83. The standard InChI is InChI=1S/C32H56N12O10/c1-15(2)9-20(28(50)44-25(16(3)4)30(52)41-19(31(53)54)7-6-8-37-32(34)35)42-27(49)21(10-18-11-36-14-39-18)40-23(47)12-38-26(48)22(13-45)43-29(51)24(33)17(5)46/h11,14-17,19-22,24-25,45-46H,6-10,12-13,33H2,1-5H3,(H,36,39)(H,38,48)(H,40,47)(H,41,52)(H,42,49)(H,43,51)(H,44,50)(H,53,54)(H4,34,35,37)/t17-,19+,20+,21+,22+,24+,25+/m1/s1. The van der Waals surface area contributed by atoms with Gasteiger partial charge >= 0.3 is 5.97 Å². The summed E-state index contributed by atoms with van der Waals surface area (Å²) in [6.45, 7) is 6.75. The summed E-state index contributed by atoms with van der Waals surface area (Å²) in [5, 5.41) is 43.3. The van der Waals surface area contributed by atoms with E-state index in [1.54, 1.807) is 27.7 Å². The number of aliphatic hydroxyl groups excluding tert-OH is 2. The van der Waals surface area contributed by atoms with Gasteiger partial charge in [0.15, 0.2) is 5.96 Å². The van der Waals surface area contributed by atoms with Gasteiger partial charge in [-0.2, -0.15) is 0 Å². The van der Waals surface area contributed by atoms with Crippen LogP contribution in [0.4, 0.5) is 0 Å². The quantitative estimate of drug-likeness (QED) is 0.0266. The number of carbonyl (C=O) groups excluding carboxylic acids is 6. The topological polar surface area (TPSA) is 371 Å². The molecule has 0 saturated carbocycles. The van der Waals surface area contributed by atoms with E-state index in [4.69, 9.17) is 17.2 Å². The van der Waals surface area contributed by atoms with Crippen molar-refractivity contribution in [3.8, 4) is 0 Å². The summed E-state index contributed by atoms with van der Waals surface area (Å²) in [6.07, 6.45) is 1.77. The van der Waals surface area contributed by atoms with Crippen LogP contribution in [-0.2, 0) is 40.0 Å². The van der Waals surface area contributed by atoms with Crippen molar-refractivity contribution in [1.82, 2.24) is 41.9 Å². The number of aromatic nitrogens is 2. The number of amides is 6. The lowest BCUT2D eigenvalue weighted by molar-refractivity contribution is -0.142. The molecule has 0 aromatic carbocycles. The molecule has 1 aromatic heterocycles. The Labute approximate surface area is 312 Å². The Bertz CT molecular complexity index is 1430. The van der Waals surface area contributed by atoms with Gasteiger partial charge in [-0.3, -0.25) is 33.8 Å². The monoisotopic (exact) mass is 768 g/mol. The van der Waals surface area contributed by atoms with Crippen LogP contribution in [0.15, 0.2) is 17.5 Å². The van der Waals surface area contributed by atoms with Crippen molar-refractivity contribution in [2.24, 2.45) is 34.0 Å². The highest BCUT2D eigenvalue weighted by Gasteiger charge is 2.33. The number of nitrogens with zero attached hydrogens (tertiary/aromatic N) is 2. The average Bonchev–Trinajstić information content (AvgIpc) is 3.61. The maximum Gasteiger partial charge on any atom is 0.326 e. The van der Waals surface area contributed by atoms with E-state index >= 15 is 0 Å². The van der Waals surface area contributed by atoms with Gasteiger partial charge in [0.05, 0.1) is 25.6 Å². The van der Waals surface area contributed by atoms with Crippen LogP contribution in [0.25, 0.3) is 0 Å². The van der Waals surface area contributed by atoms with E-state index in [0.29, 0.717) is 5.69 Å². The third-order valence-corrected chi connectivity index (χ3v) is 7.84. The highest BCUT2D eigenvalue weighted by molar-refractivity contribution is 5.96. The first kappa shape index (κ1) is 46.7. The Hall–Kier alpha value is -5.35. The van der Waals surface area contributed by atoms with Gasteiger partial charge in [0.1, 0.15) is 36.3 Å². The first-order valence-electron chi connectivity index (χ1n) is 17.4. The number of hydrogen-bond donors (Lipinski definition) is 13. The van der Waals surface area contributed by atoms with Crippen molar-refractivity contribution in [1.29, 1.82) is 0 Å². The number of carbonyl (C=O) groups is 7. The molecule has 16 N–H and O–H groups in total. The third-order valence-electron chi connectivity index (χ3n) is 7.84. The minimum atomic E-state index is -1.50. The van der Waals surface area contributed by atoms with Crippen LogP contribution >= 0.6 is 0 Å². The molecule has 0 saturated heterocycles. The van der Waals surface area contributed by atoms with Gasteiger partial charge in [0.25, 0.3) is 0 Å². The first-order valence-corrected chi connectivity index (χ1v) is 17.4. The van der Waals surface area contributed by atoms with Crippen LogP contribution < -0.4 is 49.1 Å². The van der Waals surface area contributed by atoms with E-state index < -0.39 is 103 Å². The lowest BCUT2D eigenvalue weighted by Crippen LogP contribution is -2.59. The van der Waals surface area contributed by atoms with Crippen LogP contribution in [0, 0.1) is 11.8 Å². The SMILES string of the molecule is CC(C)C[C@H](NC(=O)[C@H](Cc1cnc[nH]1)NC(=O)CNC(=O)[C@H](CO)NC(=O)[C@@H](N)[C@@H](C)O)C(=O)N[C@H](C(=O)N[C@@H](CCCN=C(N)N)C(=O)O)C(C)C. The van der Waals surface area contributed by atoms with Gasteiger partial charge in [-0.05, 0) is 38.0 Å². The Balaban J connectivity index is 3.10. The second kappa shape index (κ2) is 23.3. The summed E-state index contributed by atoms with van der Waals surface area (Å²) in [7, 11) is 0. The number of guanidine groups is 1. The normalized spacial score (nSPS) is 15.0. The van der Waals surface area contributed by atoms with Crippen molar-refractivity contribution in [2.75, 3.05) is 19.7 Å². The Morgan fingerprint density at radius 1 is 0.833 bits per heavy atom. The van der Waals surface area contributed by atoms with Gasteiger partial charge in [0.2, 0.25) is 35.4 Å². The first-order chi connectivity index (χ1) is 25.3. The number of aromatic amines is 1. The maximum atomic E-state index is 13.7. The molecule has 1 heterocycles. The largest absolute Gasteiger partial charge is 0.480 e. The molecule has 0 unspecified atom stereocenters. The van der Waals surface area contributed by atoms with E-state index in [1.165, 1.54) is 19.4 Å². The summed E-state index contributed by atoms with van der Waals surface area (Å²) >= 11 is 0. The molecule has 0 aliphatic heterocycles. The fourth-order valence-corrected chi connectivity index (χ4v) is 4.83. The minimum absolute atomic E-state index is 0.00696. The lowest BCUT2D eigenvalue weighted by atomic mass is 9.99. The van der Waals surface area contributed by atoms with Crippen LogP contribution in [0.3, 0.4) is 0 Å². The third kappa shape index (κ3) is 17.0. The zero-order chi connectivity index (χ0) is 41.1. The van der Waals surface area contributed by atoms with E-state index in [0.717, 1.165) is 0 Å². The second-order valence-electron chi connectivity index (χ2n) is 13.4. The number of aliphatic imine (C=N–C) groups is 1. The predicted molar refractivity (Wildman–Crippen MR) is 194 cm³/mol. The summed E-state index contributed by atoms with van der Waals surface area (Å²) in [5.41, 5.74) is 16.6. The summed E-state index contributed by atoms with van der Waals surface area (Å²) in [5.74, 6) is -7.11. The molecular formula is C32H56N12O10. The number of aliphatic carboxylic acids is 1. The average molecular weight is 769 g/mol. The molecule has 22 heteroatoms. The Morgan fingerprint density at radius 3 is 1.96 bits per heavy atom. The Morgan fingerprint density at radius 2 is 1.44 bits per heavy atom. The molecule has 22 nitrogen and oxygen atoms in total. The number of carboxylic acid groups (broad SMARTS) is 1. The molecule has 6 amide bonds. The highest BCUT2D eigenvalue weighted by atomic mass is 16.4. The molecule has 0 radical (unpaired) electrons. The molecule has 1 rings (SSSR count).